The molecular weight excluding hydrogens is 344 g/mol. The van der Waals surface area contributed by atoms with E-state index in [2.05, 4.69) is 10.3 Å². The van der Waals surface area contributed by atoms with Crippen LogP contribution in [0.4, 0.5) is 5.69 Å². The number of nitrogens with one attached hydrogen (secondary N) is 1. The van der Waals surface area contributed by atoms with Crippen LogP contribution in [0.25, 0.3) is 0 Å². The minimum Gasteiger partial charge on any atom is -0.494 e. The standard InChI is InChI=1S/C18H17ClN2O2S/c1-2-23-15-9-3-12(4-10-15)11-16-17(22)21-18(24-16)20-14-7-5-13(19)6-8-14/h3-10,16H,2,11H2,1H3,(H,20,21,22). The van der Waals surface area contributed by atoms with Crippen LogP contribution < -0.4 is 10.1 Å². The Morgan fingerprint density at radius 1 is 1.17 bits per heavy atom. The molecule has 0 spiro atoms. The van der Waals surface area contributed by atoms with E-state index in [1.807, 2.05) is 43.3 Å². The van der Waals surface area contributed by atoms with Crippen LogP contribution in [0.3, 0.4) is 0 Å². The van der Waals surface area contributed by atoms with Gasteiger partial charge in [0.15, 0.2) is 5.17 Å². The van der Waals surface area contributed by atoms with Crippen LogP contribution in [0.5, 0.6) is 5.75 Å². The number of benzene rings is 2. The van der Waals surface area contributed by atoms with Crippen molar-refractivity contribution in [1.82, 2.24) is 5.32 Å². The summed E-state index contributed by atoms with van der Waals surface area (Å²) < 4.78 is 5.43. The topological polar surface area (TPSA) is 50.7 Å². The van der Waals surface area contributed by atoms with Gasteiger partial charge in [0.1, 0.15) is 5.75 Å². The molecule has 2 aromatic carbocycles. The molecule has 1 fully saturated rings. The van der Waals surface area contributed by atoms with Crippen molar-refractivity contribution in [3.05, 3.63) is 59.1 Å². The van der Waals surface area contributed by atoms with Gasteiger partial charge in [-0.25, -0.2) is 4.99 Å². The average molecular weight is 361 g/mol. The number of rotatable bonds is 5. The fourth-order valence-corrected chi connectivity index (χ4v) is 3.48. The first kappa shape index (κ1) is 16.9. The van der Waals surface area contributed by atoms with Crippen molar-refractivity contribution in [2.75, 3.05) is 6.61 Å². The van der Waals surface area contributed by atoms with E-state index in [-0.39, 0.29) is 11.2 Å². The maximum atomic E-state index is 12.1. The highest BCUT2D eigenvalue weighted by Crippen LogP contribution is 2.26. The number of carbonyl (C=O) groups is 1. The van der Waals surface area contributed by atoms with Crippen LogP contribution in [0.2, 0.25) is 5.02 Å². The maximum Gasteiger partial charge on any atom is 0.239 e. The van der Waals surface area contributed by atoms with Crippen LogP contribution in [0.1, 0.15) is 12.5 Å². The van der Waals surface area contributed by atoms with Crippen molar-refractivity contribution in [3.8, 4) is 5.75 Å². The fourth-order valence-electron chi connectivity index (χ4n) is 2.33. The average Bonchev–Trinajstić information content (AvgIpc) is 2.91. The number of carbonyl (C=O) groups excluding carboxylic acids is 1. The second kappa shape index (κ2) is 7.73. The normalized spacial score (nSPS) is 18.7. The summed E-state index contributed by atoms with van der Waals surface area (Å²) in [7, 11) is 0. The van der Waals surface area contributed by atoms with Crippen LogP contribution in [0, 0.1) is 0 Å². The summed E-state index contributed by atoms with van der Waals surface area (Å²) >= 11 is 7.32. The lowest BCUT2D eigenvalue weighted by atomic mass is 10.1. The quantitative estimate of drug-likeness (QED) is 0.869. The summed E-state index contributed by atoms with van der Waals surface area (Å²) in [5.74, 6) is 0.830. The lowest BCUT2D eigenvalue weighted by Gasteiger charge is -2.07. The monoisotopic (exact) mass is 360 g/mol. The first-order valence-electron chi connectivity index (χ1n) is 7.67. The Labute approximate surface area is 150 Å². The van der Waals surface area contributed by atoms with Crippen LogP contribution in [0.15, 0.2) is 53.5 Å². The number of ether oxygens (including phenoxy) is 1. The number of hydrogen-bond acceptors (Lipinski definition) is 4. The van der Waals surface area contributed by atoms with Gasteiger partial charge in [-0.05, 0) is 55.3 Å². The molecule has 3 rings (SSSR count). The molecule has 0 saturated carbocycles. The van der Waals surface area contributed by atoms with Crippen molar-refractivity contribution in [1.29, 1.82) is 0 Å². The van der Waals surface area contributed by atoms with Crippen molar-refractivity contribution < 1.29 is 9.53 Å². The number of amides is 1. The first-order chi connectivity index (χ1) is 11.6. The SMILES string of the molecule is CCOc1ccc(CC2SC(=Nc3ccc(Cl)cc3)NC2=O)cc1. The predicted octanol–water partition coefficient (Wildman–Crippen LogP) is 4.20. The second-order valence-electron chi connectivity index (χ2n) is 5.27. The Morgan fingerprint density at radius 2 is 1.88 bits per heavy atom. The van der Waals surface area contributed by atoms with Crippen molar-refractivity contribution in [2.24, 2.45) is 4.99 Å². The summed E-state index contributed by atoms with van der Waals surface area (Å²) in [6.07, 6.45) is 0.655. The molecule has 1 unspecified atom stereocenters. The van der Waals surface area contributed by atoms with Crippen molar-refractivity contribution in [3.63, 3.8) is 0 Å². The van der Waals surface area contributed by atoms with E-state index in [4.69, 9.17) is 16.3 Å². The molecule has 1 N–H and O–H groups in total. The van der Waals surface area contributed by atoms with Crippen LogP contribution in [-0.4, -0.2) is 22.9 Å². The Kier molecular flexibility index (Phi) is 5.43. The molecule has 24 heavy (non-hydrogen) atoms. The molecule has 1 aliphatic heterocycles. The minimum absolute atomic E-state index is 0.0124. The molecule has 1 aliphatic rings. The summed E-state index contributed by atoms with van der Waals surface area (Å²) in [5, 5.41) is 3.95. The first-order valence-corrected chi connectivity index (χ1v) is 8.93. The third kappa shape index (κ3) is 4.30. The highest BCUT2D eigenvalue weighted by Gasteiger charge is 2.30. The lowest BCUT2D eigenvalue weighted by molar-refractivity contribution is -0.118. The summed E-state index contributed by atoms with van der Waals surface area (Å²) in [6.45, 7) is 2.60. The molecule has 1 atom stereocenters. The van der Waals surface area contributed by atoms with Gasteiger partial charge in [0.05, 0.1) is 17.5 Å². The van der Waals surface area contributed by atoms with Gasteiger partial charge in [-0.3, -0.25) is 4.79 Å². The second-order valence-corrected chi connectivity index (χ2v) is 6.90. The van der Waals surface area contributed by atoms with Gasteiger partial charge < -0.3 is 10.1 Å². The highest BCUT2D eigenvalue weighted by molar-refractivity contribution is 8.15. The third-order valence-corrected chi connectivity index (χ3v) is 4.82. The van der Waals surface area contributed by atoms with Gasteiger partial charge in [-0.2, -0.15) is 0 Å². The predicted molar refractivity (Wildman–Crippen MR) is 99.4 cm³/mol. The molecule has 2 aromatic rings. The third-order valence-electron chi connectivity index (χ3n) is 3.49. The highest BCUT2D eigenvalue weighted by atomic mass is 35.5. The Morgan fingerprint density at radius 3 is 2.54 bits per heavy atom. The largest absolute Gasteiger partial charge is 0.494 e. The summed E-state index contributed by atoms with van der Waals surface area (Å²) in [5.41, 5.74) is 1.86. The number of nitrogens with zero attached hydrogens (tertiary/aromatic N) is 1. The van der Waals surface area contributed by atoms with Gasteiger partial charge in [0.25, 0.3) is 0 Å². The molecule has 0 radical (unpaired) electrons. The number of amidine groups is 1. The number of thioether (sulfide) groups is 1. The molecule has 6 heteroatoms. The van der Waals surface area contributed by atoms with Crippen molar-refractivity contribution in [2.45, 2.75) is 18.6 Å². The molecule has 1 saturated heterocycles. The van der Waals surface area contributed by atoms with Gasteiger partial charge in [-0.15, -0.1) is 0 Å². The van der Waals surface area contributed by atoms with Gasteiger partial charge in [-0.1, -0.05) is 35.5 Å². The Balaban J connectivity index is 1.65. The zero-order chi connectivity index (χ0) is 16.9. The van der Waals surface area contributed by atoms with E-state index in [0.29, 0.717) is 23.2 Å². The smallest absolute Gasteiger partial charge is 0.239 e. The Hall–Kier alpha value is -1.98. The lowest BCUT2D eigenvalue weighted by Crippen LogP contribution is -2.25. The van der Waals surface area contributed by atoms with Crippen LogP contribution in [-0.2, 0) is 11.2 Å². The fraction of sp³-hybridized carbons (Fsp3) is 0.222. The van der Waals surface area contributed by atoms with Gasteiger partial charge in [0.2, 0.25) is 5.91 Å². The molecule has 0 bridgehead atoms. The molecule has 1 amide bonds. The van der Waals surface area contributed by atoms with E-state index < -0.39 is 0 Å². The summed E-state index contributed by atoms with van der Waals surface area (Å²) in [4.78, 5) is 16.6. The number of hydrogen-bond donors (Lipinski definition) is 1. The van der Waals surface area contributed by atoms with E-state index in [0.717, 1.165) is 17.0 Å². The zero-order valence-corrected chi connectivity index (χ0v) is 14.7. The van der Waals surface area contributed by atoms with Gasteiger partial charge >= 0.3 is 0 Å². The molecular formula is C18H17ClN2O2S. The van der Waals surface area contributed by atoms with E-state index in [9.17, 15) is 4.79 Å². The number of halogens is 1. The maximum absolute atomic E-state index is 12.1. The molecule has 124 valence electrons. The summed E-state index contributed by atoms with van der Waals surface area (Å²) in [6, 6.07) is 15.0. The number of aliphatic imine (C=N–C) groups is 1. The molecule has 1 heterocycles. The molecule has 0 aliphatic carbocycles. The Bertz CT molecular complexity index is 745. The van der Waals surface area contributed by atoms with E-state index >= 15 is 0 Å². The van der Waals surface area contributed by atoms with Gasteiger partial charge in [0, 0.05) is 5.02 Å². The van der Waals surface area contributed by atoms with Crippen molar-refractivity contribution >= 4 is 40.1 Å². The molecule has 4 nitrogen and oxygen atoms in total. The van der Waals surface area contributed by atoms with Crippen LogP contribution >= 0.6 is 23.4 Å². The molecule has 0 aromatic heterocycles. The zero-order valence-electron chi connectivity index (χ0n) is 13.2. The minimum atomic E-state index is -0.172. The van der Waals surface area contributed by atoms with E-state index in [1.165, 1.54) is 11.8 Å². The van der Waals surface area contributed by atoms with E-state index in [1.54, 1.807) is 12.1 Å².